The number of hydrogen-bond acceptors (Lipinski definition) is 4. The maximum absolute atomic E-state index is 12.6. The molecule has 1 saturated heterocycles. The van der Waals surface area contributed by atoms with E-state index in [1.165, 1.54) is 32.1 Å². The smallest absolute Gasteiger partial charge is 0.249 e. The molecule has 5 nitrogen and oxygen atoms in total. The average molecular weight is 419 g/mol. The van der Waals surface area contributed by atoms with Crippen molar-refractivity contribution in [3.8, 4) is 5.75 Å². The minimum absolute atomic E-state index is 0.0234. The summed E-state index contributed by atoms with van der Waals surface area (Å²) in [6.45, 7) is 1.31. The second-order valence-corrected chi connectivity index (χ2v) is 8.65. The van der Waals surface area contributed by atoms with Crippen LogP contribution in [-0.4, -0.2) is 36.8 Å². The average Bonchev–Trinajstić information content (AvgIpc) is 3.31. The van der Waals surface area contributed by atoms with Gasteiger partial charge < -0.3 is 20.1 Å². The molecular weight excluding hydrogens is 384 g/mol. The fraction of sp³-hybridized carbons (Fsp3) is 0.652. The molecule has 2 N–H and O–H groups in total. The quantitative estimate of drug-likeness (QED) is 0.591. The summed E-state index contributed by atoms with van der Waals surface area (Å²) in [6, 6.07) is 7.80. The van der Waals surface area contributed by atoms with Crippen molar-refractivity contribution in [2.24, 2.45) is 5.92 Å². The van der Waals surface area contributed by atoms with Crippen LogP contribution in [0.4, 0.5) is 0 Å². The predicted molar refractivity (Wildman–Crippen MR) is 119 cm³/mol. The first-order valence-corrected chi connectivity index (χ1v) is 11.4. The van der Waals surface area contributed by atoms with E-state index in [-0.39, 0.29) is 18.1 Å². The van der Waals surface area contributed by atoms with Crippen LogP contribution >= 0.6 is 12.2 Å². The fourth-order valence-corrected chi connectivity index (χ4v) is 4.50. The lowest BCUT2D eigenvalue weighted by Crippen LogP contribution is -2.48. The number of benzene rings is 1. The Hall–Kier alpha value is -1.66. The first kappa shape index (κ1) is 22.0. The highest BCUT2D eigenvalue weighted by Crippen LogP contribution is 2.28. The summed E-state index contributed by atoms with van der Waals surface area (Å²) in [4.78, 5) is 13.3. The summed E-state index contributed by atoms with van der Waals surface area (Å²) in [5.74, 6) is 1.57. The number of carbonyl (C=O) groups excluding carboxylic acids is 1. The molecule has 6 heteroatoms. The zero-order valence-electron chi connectivity index (χ0n) is 17.5. The van der Waals surface area contributed by atoms with Crippen molar-refractivity contribution in [3.05, 3.63) is 29.8 Å². The topological polar surface area (TPSA) is 59.6 Å². The van der Waals surface area contributed by atoms with Gasteiger partial charge in [-0.3, -0.25) is 4.79 Å². The van der Waals surface area contributed by atoms with Gasteiger partial charge in [-0.2, -0.15) is 0 Å². The standard InChI is InChI=1S/C23H34N2O3S/c1-27-19-12-9-18(10-13-19)16-24-23(29)20(14-11-17-6-3-2-4-7-17)25-22(26)21-8-5-15-28-21/h9-10,12-13,17,20-21H,2-8,11,14-16H2,1H3,(H,24,29)(H,25,26)/t20-,21?/m1/s1. The fourth-order valence-electron chi connectivity index (χ4n) is 4.25. The van der Waals surface area contributed by atoms with Crippen molar-refractivity contribution in [1.82, 2.24) is 10.6 Å². The number of amides is 1. The van der Waals surface area contributed by atoms with E-state index in [4.69, 9.17) is 21.7 Å². The van der Waals surface area contributed by atoms with Crippen LogP contribution in [0.15, 0.2) is 24.3 Å². The Morgan fingerprint density at radius 2 is 1.93 bits per heavy atom. The molecule has 1 aromatic carbocycles. The maximum Gasteiger partial charge on any atom is 0.249 e. The predicted octanol–water partition coefficient (Wildman–Crippen LogP) is 4.14. The Balaban J connectivity index is 1.55. The first-order chi connectivity index (χ1) is 14.2. The van der Waals surface area contributed by atoms with Crippen LogP contribution in [0.25, 0.3) is 0 Å². The normalized spacial score (nSPS) is 20.8. The van der Waals surface area contributed by atoms with Crippen molar-refractivity contribution >= 4 is 23.1 Å². The molecule has 0 aromatic heterocycles. The van der Waals surface area contributed by atoms with E-state index in [1.54, 1.807) is 7.11 Å². The van der Waals surface area contributed by atoms with E-state index in [2.05, 4.69) is 10.6 Å². The second kappa shape index (κ2) is 11.5. The van der Waals surface area contributed by atoms with E-state index in [0.29, 0.717) is 18.1 Å². The van der Waals surface area contributed by atoms with Crippen LogP contribution in [0.3, 0.4) is 0 Å². The molecule has 160 valence electrons. The van der Waals surface area contributed by atoms with E-state index in [1.807, 2.05) is 24.3 Å². The Labute approximate surface area is 179 Å². The summed E-state index contributed by atoms with van der Waals surface area (Å²) in [5.41, 5.74) is 1.13. The summed E-state index contributed by atoms with van der Waals surface area (Å²) in [5, 5.41) is 6.52. The third-order valence-corrected chi connectivity index (χ3v) is 6.50. The van der Waals surface area contributed by atoms with Gasteiger partial charge in [0.05, 0.1) is 18.1 Å². The molecule has 2 fully saturated rings. The summed E-state index contributed by atoms with van der Waals surface area (Å²) in [7, 11) is 1.66. The number of thiocarbonyl (C=S) groups is 1. The Morgan fingerprint density at radius 3 is 2.59 bits per heavy atom. The van der Waals surface area contributed by atoms with Gasteiger partial charge in [-0.15, -0.1) is 0 Å². The van der Waals surface area contributed by atoms with E-state index in [0.717, 1.165) is 42.9 Å². The molecular formula is C23H34N2O3S. The number of rotatable bonds is 9. The lowest BCUT2D eigenvalue weighted by molar-refractivity contribution is -0.130. The molecule has 2 atom stereocenters. The van der Waals surface area contributed by atoms with E-state index >= 15 is 0 Å². The third-order valence-electron chi connectivity index (χ3n) is 6.07. The summed E-state index contributed by atoms with van der Waals surface area (Å²) in [6.07, 6.45) is 10.1. The zero-order valence-corrected chi connectivity index (χ0v) is 18.3. The highest BCUT2D eigenvalue weighted by atomic mass is 32.1. The Bertz CT molecular complexity index is 653. The van der Waals surface area contributed by atoms with Gasteiger partial charge in [-0.05, 0) is 49.3 Å². The van der Waals surface area contributed by atoms with Gasteiger partial charge in [0.25, 0.3) is 0 Å². The van der Waals surface area contributed by atoms with Crippen LogP contribution in [-0.2, 0) is 16.1 Å². The molecule has 1 amide bonds. The zero-order chi connectivity index (χ0) is 20.5. The Morgan fingerprint density at radius 1 is 1.17 bits per heavy atom. The van der Waals surface area contributed by atoms with Crippen LogP contribution in [0.2, 0.25) is 0 Å². The number of ether oxygens (including phenoxy) is 2. The molecule has 1 aliphatic heterocycles. The lowest BCUT2D eigenvalue weighted by atomic mass is 9.85. The third kappa shape index (κ3) is 6.96. The molecule has 1 aromatic rings. The van der Waals surface area contributed by atoms with Crippen LogP contribution in [0, 0.1) is 5.92 Å². The van der Waals surface area contributed by atoms with Crippen molar-refractivity contribution in [1.29, 1.82) is 0 Å². The molecule has 2 aliphatic rings. The van der Waals surface area contributed by atoms with E-state index < -0.39 is 0 Å². The van der Waals surface area contributed by atoms with Gasteiger partial charge in [0.2, 0.25) is 5.91 Å². The molecule has 0 spiro atoms. The van der Waals surface area contributed by atoms with Gasteiger partial charge in [0, 0.05) is 13.2 Å². The lowest BCUT2D eigenvalue weighted by Gasteiger charge is -2.26. The SMILES string of the molecule is COc1ccc(CNC(=S)[C@@H](CCC2CCCCC2)NC(=O)C2CCCO2)cc1. The molecule has 3 rings (SSSR count). The van der Waals surface area contributed by atoms with Gasteiger partial charge in [0.1, 0.15) is 11.9 Å². The molecule has 1 heterocycles. The highest BCUT2D eigenvalue weighted by Gasteiger charge is 2.27. The van der Waals surface area contributed by atoms with Gasteiger partial charge >= 0.3 is 0 Å². The van der Waals surface area contributed by atoms with Gasteiger partial charge in [-0.25, -0.2) is 0 Å². The van der Waals surface area contributed by atoms with Crippen molar-refractivity contribution in [2.45, 2.75) is 76.5 Å². The maximum atomic E-state index is 12.6. The molecule has 29 heavy (non-hydrogen) atoms. The largest absolute Gasteiger partial charge is 0.497 e. The van der Waals surface area contributed by atoms with Crippen molar-refractivity contribution in [2.75, 3.05) is 13.7 Å². The molecule has 1 aliphatic carbocycles. The number of methoxy groups -OCH3 is 1. The van der Waals surface area contributed by atoms with Gasteiger partial charge in [0.15, 0.2) is 0 Å². The van der Waals surface area contributed by atoms with Crippen LogP contribution in [0.5, 0.6) is 5.75 Å². The Kier molecular flexibility index (Phi) is 8.74. The van der Waals surface area contributed by atoms with Gasteiger partial charge in [-0.1, -0.05) is 56.5 Å². The first-order valence-electron chi connectivity index (χ1n) is 11.0. The minimum atomic E-state index is -0.323. The molecule has 1 unspecified atom stereocenters. The highest BCUT2D eigenvalue weighted by molar-refractivity contribution is 7.80. The minimum Gasteiger partial charge on any atom is -0.497 e. The van der Waals surface area contributed by atoms with Crippen molar-refractivity contribution < 1.29 is 14.3 Å². The summed E-state index contributed by atoms with van der Waals surface area (Å²) < 4.78 is 10.8. The van der Waals surface area contributed by atoms with Crippen molar-refractivity contribution in [3.63, 3.8) is 0 Å². The van der Waals surface area contributed by atoms with Crippen LogP contribution < -0.4 is 15.4 Å². The summed E-state index contributed by atoms with van der Waals surface area (Å²) >= 11 is 5.69. The number of hydrogen-bond donors (Lipinski definition) is 2. The molecule has 0 radical (unpaired) electrons. The van der Waals surface area contributed by atoms with Crippen LogP contribution in [0.1, 0.15) is 63.4 Å². The van der Waals surface area contributed by atoms with E-state index in [9.17, 15) is 4.79 Å². The molecule has 1 saturated carbocycles. The second-order valence-electron chi connectivity index (χ2n) is 8.21. The number of nitrogens with one attached hydrogen (secondary N) is 2. The monoisotopic (exact) mass is 418 g/mol. The molecule has 0 bridgehead atoms. The number of carbonyl (C=O) groups is 1.